The van der Waals surface area contributed by atoms with E-state index in [2.05, 4.69) is 30.7 Å². The van der Waals surface area contributed by atoms with Crippen LogP contribution >= 0.6 is 23.2 Å². The van der Waals surface area contributed by atoms with Gasteiger partial charge in [0.05, 0.1) is 6.54 Å². The van der Waals surface area contributed by atoms with Crippen LogP contribution in [0.15, 0.2) is 6.33 Å². The maximum atomic E-state index is 5.78. The molecule has 0 unspecified atom stereocenters. The summed E-state index contributed by atoms with van der Waals surface area (Å²) in [6, 6.07) is 0. The predicted molar refractivity (Wildman–Crippen MR) is 58.2 cm³/mol. The first kappa shape index (κ1) is 11.0. The van der Waals surface area contributed by atoms with Crippen LogP contribution in [0.4, 0.5) is 5.82 Å². The largest absolute Gasteiger partial charge is 0.360 e. The third-order valence-corrected chi connectivity index (χ3v) is 2.25. The molecule has 0 atom stereocenters. The van der Waals surface area contributed by atoms with Crippen molar-refractivity contribution in [2.75, 3.05) is 5.32 Å². The molecular weight excluding hydrogens is 253 g/mol. The van der Waals surface area contributed by atoms with E-state index in [1.807, 2.05) is 7.05 Å². The van der Waals surface area contributed by atoms with Crippen LogP contribution in [-0.4, -0.2) is 29.9 Å². The number of nitrogens with one attached hydrogen (secondary N) is 1. The van der Waals surface area contributed by atoms with Crippen LogP contribution in [0.1, 0.15) is 5.82 Å². The number of aryl methyl sites for hydroxylation is 1. The lowest BCUT2D eigenvalue weighted by atomic mass is 10.5. The van der Waals surface area contributed by atoms with Crippen molar-refractivity contribution in [1.29, 1.82) is 0 Å². The maximum absolute atomic E-state index is 5.78. The molecule has 84 valence electrons. The lowest BCUT2D eigenvalue weighted by Crippen LogP contribution is -2.08. The molecular formula is C7H7Cl2N7. The Kier molecular flexibility index (Phi) is 3.16. The van der Waals surface area contributed by atoms with Crippen molar-refractivity contribution < 1.29 is 0 Å². The van der Waals surface area contributed by atoms with Gasteiger partial charge in [0.2, 0.25) is 5.28 Å². The standard InChI is InChI=1S/C7H7Cl2N7/c1-16-3-11-13-4(16)2-10-6-5(8)14-15-7(9)12-6/h3H,2H2,1H3,(H,10,12,15). The summed E-state index contributed by atoms with van der Waals surface area (Å²) in [7, 11) is 1.84. The molecule has 1 N–H and O–H groups in total. The summed E-state index contributed by atoms with van der Waals surface area (Å²) >= 11 is 11.4. The summed E-state index contributed by atoms with van der Waals surface area (Å²) in [5.41, 5.74) is 0. The van der Waals surface area contributed by atoms with Crippen molar-refractivity contribution >= 4 is 29.0 Å². The summed E-state index contributed by atoms with van der Waals surface area (Å²) in [5, 5.41) is 17.9. The molecule has 0 bridgehead atoms. The Morgan fingerprint density at radius 2 is 2.12 bits per heavy atom. The average Bonchev–Trinajstić information content (AvgIpc) is 2.66. The molecule has 2 aromatic heterocycles. The Balaban J connectivity index is 2.10. The van der Waals surface area contributed by atoms with Gasteiger partial charge in [-0.2, -0.15) is 4.98 Å². The van der Waals surface area contributed by atoms with E-state index in [9.17, 15) is 0 Å². The van der Waals surface area contributed by atoms with E-state index in [1.54, 1.807) is 10.9 Å². The zero-order valence-electron chi connectivity index (χ0n) is 8.22. The van der Waals surface area contributed by atoms with Gasteiger partial charge < -0.3 is 9.88 Å². The van der Waals surface area contributed by atoms with E-state index in [-0.39, 0.29) is 10.4 Å². The van der Waals surface area contributed by atoms with Gasteiger partial charge >= 0.3 is 0 Å². The second kappa shape index (κ2) is 4.58. The zero-order chi connectivity index (χ0) is 11.5. The number of nitrogens with zero attached hydrogens (tertiary/aromatic N) is 6. The third kappa shape index (κ3) is 2.37. The summed E-state index contributed by atoms with van der Waals surface area (Å²) < 4.78 is 1.77. The Hall–Kier alpha value is -1.47. The van der Waals surface area contributed by atoms with Crippen LogP contribution in [0, 0.1) is 0 Å². The number of hydrogen-bond acceptors (Lipinski definition) is 6. The number of anilines is 1. The fraction of sp³-hybridized carbons (Fsp3) is 0.286. The molecule has 0 spiro atoms. The van der Waals surface area contributed by atoms with Gasteiger partial charge in [-0.25, -0.2) is 0 Å². The van der Waals surface area contributed by atoms with Crippen LogP contribution < -0.4 is 5.32 Å². The van der Waals surface area contributed by atoms with Crippen molar-refractivity contribution in [2.24, 2.45) is 7.05 Å². The van der Waals surface area contributed by atoms with E-state index in [1.165, 1.54) is 0 Å². The second-order valence-corrected chi connectivity index (χ2v) is 3.63. The van der Waals surface area contributed by atoms with E-state index in [0.717, 1.165) is 5.82 Å². The van der Waals surface area contributed by atoms with Crippen molar-refractivity contribution in [3.8, 4) is 0 Å². The van der Waals surface area contributed by atoms with Gasteiger partial charge in [0, 0.05) is 7.05 Å². The first-order valence-corrected chi connectivity index (χ1v) is 5.05. The highest BCUT2D eigenvalue weighted by atomic mass is 35.5. The predicted octanol–water partition coefficient (Wildman–Crippen LogP) is 0.919. The highest BCUT2D eigenvalue weighted by Crippen LogP contribution is 2.16. The Bertz CT molecular complexity index is 497. The first-order chi connectivity index (χ1) is 7.66. The molecule has 0 amide bonds. The minimum atomic E-state index is 0.0323. The van der Waals surface area contributed by atoms with Crippen molar-refractivity contribution in [1.82, 2.24) is 29.9 Å². The smallest absolute Gasteiger partial charge is 0.245 e. The molecule has 0 saturated carbocycles. The fourth-order valence-corrected chi connectivity index (χ4v) is 1.30. The van der Waals surface area contributed by atoms with E-state index in [0.29, 0.717) is 12.4 Å². The molecule has 0 aliphatic carbocycles. The molecule has 0 fully saturated rings. The molecule has 0 aliphatic heterocycles. The van der Waals surface area contributed by atoms with Crippen LogP contribution in [0.3, 0.4) is 0 Å². The summed E-state index contributed by atoms with van der Waals surface area (Å²) in [6.07, 6.45) is 1.60. The Morgan fingerprint density at radius 3 is 2.81 bits per heavy atom. The SMILES string of the molecule is Cn1cnnc1CNc1nc(Cl)nnc1Cl. The average molecular weight is 260 g/mol. The molecule has 0 radical (unpaired) electrons. The number of hydrogen-bond donors (Lipinski definition) is 1. The lowest BCUT2D eigenvalue weighted by molar-refractivity contribution is 0.808. The van der Waals surface area contributed by atoms with E-state index >= 15 is 0 Å². The minimum absolute atomic E-state index is 0.0323. The minimum Gasteiger partial charge on any atom is -0.360 e. The third-order valence-electron chi connectivity index (χ3n) is 1.84. The Morgan fingerprint density at radius 1 is 1.31 bits per heavy atom. The highest BCUT2D eigenvalue weighted by Gasteiger charge is 2.07. The molecule has 9 heteroatoms. The van der Waals surface area contributed by atoms with Gasteiger partial charge in [0.1, 0.15) is 6.33 Å². The first-order valence-electron chi connectivity index (χ1n) is 4.29. The highest BCUT2D eigenvalue weighted by molar-refractivity contribution is 6.32. The number of rotatable bonds is 3. The summed E-state index contributed by atoms with van der Waals surface area (Å²) in [4.78, 5) is 3.89. The molecule has 7 nitrogen and oxygen atoms in total. The van der Waals surface area contributed by atoms with Crippen LogP contribution in [-0.2, 0) is 13.6 Å². The fourth-order valence-electron chi connectivity index (χ4n) is 1.04. The van der Waals surface area contributed by atoms with Crippen molar-refractivity contribution in [3.05, 3.63) is 22.6 Å². The lowest BCUT2D eigenvalue weighted by Gasteiger charge is -2.05. The monoisotopic (exact) mass is 259 g/mol. The molecule has 2 heterocycles. The molecule has 16 heavy (non-hydrogen) atoms. The molecule has 2 rings (SSSR count). The molecule has 2 aromatic rings. The van der Waals surface area contributed by atoms with E-state index in [4.69, 9.17) is 23.2 Å². The van der Waals surface area contributed by atoms with Gasteiger partial charge in [-0.1, -0.05) is 11.6 Å². The Labute approximate surface area is 101 Å². The quantitative estimate of drug-likeness (QED) is 0.883. The number of aromatic nitrogens is 6. The normalized spacial score (nSPS) is 10.4. The van der Waals surface area contributed by atoms with Crippen molar-refractivity contribution in [3.63, 3.8) is 0 Å². The maximum Gasteiger partial charge on any atom is 0.245 e. The topological polar surface area (TPSA) is 81.4 Å². The van der Waals surface area contributed by atoms with Gasteiger partial charge in [-0.15, -0.1) is 20.4 Å². The van der Waals surface area contributed by atoms with Gasteiger partial charge in [-0.3, -0.25) is 0 Å². The van der Waals surface area contributed by atoms with Gasteiger partial charge in [0.15, 0.2) is 16.8 Å². The summed E-state index contributed by atoms with van der Waals surface area (Å²) in [6.45, 7) is 0.422. The second-order valence-electron chi connectivity index (χ2n) is 2.93. The van der Waals surface area contributed by atoms with Crippen LogP contribution in [0.2, 0.25) is 10.4 Å². The van der Waals surface area contributed by atoms with E-state index < -0.39 is 0 Å². The van der Waals surface area contributed by atoms with Gasteiger partial charge in [-0.05, 0) is 11.6 Å². The number of halogens is 2. The van der Waals surface area contributed by atoms with Gasteiger partial charge in [0.25, 0.3) is 0 Å². The summed E-state index contributed by atoms with van der Waals surface area (Å²) in [5.74, 6) is 1.11. The van der Waals surface area contributed by atoms with Crippen LogP contribution in [0.25, 0.3) is 0 Å². The van der Waals surface area contributed by atoms with Crippen molar-refractivity contribution in [2.45, 2.75) is 6.54 Å². The molecule has 0 aromatic carbocycles. The van der Waals surface area contributed by atoms with Crippen LogP contribution in [0.5, 0.6) is 0 Å². The molecule has 0 saturated heterocycles. The molecule has 0 aliphatic rings. The zero-order valence-corrected chi connectivity index (χ0v) is 9.74.